The van der Waals surface area contributed by atoms with E-state index in [0.29, 0.717) is 0 Å². The van der Waals surface area contributed by atoms with Gasteiger partial charge in [-0.3, -0.25) is 16.3 Å². The summed E-state index contributed by atoms with van der Waals surface area (Å²) in [6, 6.07) is 48.2. The van der Waals surface area contributed by atoms with Gasteiger partial charge in [0, 0.05) is 36.1 Å². The Kier molecular flexibility index (Phi) is 9.01. The normalized spacial score (nSPS) is 12.0. The Balaban J connectivity index is 0.000000215. The predicted molar refractivity (Wildman–Crippen MR) is 193 cm³/mol. The van der Waals surface area contributed by atoms with Crippen LogP contribution in [0.2, 0.25) is 0 Å². The summed E-state index contributed by atoms with van der Waals surface area (Å²) in [5, 5.41) is 4.81. The van der Waals surface area contributed by atoms with E-state index in [1.807, 2.05) is 18.2 Å². The molecular weight excluding hydrogens is 771 g/mol. The zero-order valence-electron chi connectivity index (χ0n) is 28.8. The Hall–Kier alpha value is -4.67. The summed E-state index contributed by atoms with van der Waals surface area (Å²) in [4.78, 5) is 9.20. The first-order valence-corrected chi connectivity index (χ1v) is 16.2. The molecule has 5 heteroatoms. The van der Waals surface area contributed by atoms with Gasteiger partial charge >= 0.3 is 0 Å². The molecule has 0 N–H and O–H groups in total. The molecule has 0 aliphatic heterocycles. The monoisotopic (exact) mass is 807 g/mol. The summed E-state index contributed by atoms with van der Waals surface area (Å²) in [5.41, 5.74) is 9.94. The van der Waals surface area contributed by atoms with Crippen LogP contribution in [0.5, 0.6) is 0 Å². The van der Waals surface area contributed by atoms with E-state index in [-0.39, 0.29) is 25.7 Å². The molecule has 3 aromatic heterocycles. The fraction of sp³-hybridized carbons (Fsp3) is 0.0952. The van der Waals surface area contributed by atoms with Crippen LogP contribution in [-0.4, -0.2) is 14.5 Å². The number of aromatic nitrogens is 3. The van der Waals surface area contributed by atoms with E-state index in [4.69, 9.17) is 9.10 Å². The average Bonchev–Trinajstić information content (AvgIpc) is 3.74. The smallest absolute Gasteiger partial charge is 0.0774 e. The van der Waals surface area contributed by atoms with E-state index in [9.17, 15) is 0 Å². The van der Waals surface area contributed by atoms with Crippen LogP contribution in [0.4, 0.5) is 0 Å². The molecule has 0 bridgehead atoms. The van der Waals surface area contributed by atoms with Crippen LogP contribution in [0.1, 0.15) is 28.6 Å². The number of thiophene rings is 1. The number of hydrogen-bond acceptors (Lipinski definition) is 3. The second kappa shape index (κ2) is 14.8. The Morgan fingerprint density at radius 3 is 2.34 bits per heavy atom. The molecule has 3 nitrogen and oxygen atoms in total. The zero-order valence-corrected chi connectivity index (χ0v) is 29.0. The minimum absolute atomic E-state index is 0. The summed E-state index contributed by atoms with van der Waals surface area (Å²) < 4.78 is 25.2. The van der Waals surface area contributed by atoms with Crippen molar-refractivity contribution in [2.45, 2.75) is 26.6 Å². The maximum absolute atomic E-state index is 7.23. The predicted octanol–water partition coefficient (Wildman–Crippen LogP) is 11.2. The van der Waals surface area contributed by atoms with Crippen molar-refractivity contribution in [2.24, 2.45) is 0 Å². The van der Waals surface area contributed by atoms with E-state index in [2.05, 4.69) is 125 Å². The molecule has 0 atom stereocenters. The van der Waals surface area contributed by atoms with Crippen LogP contribution < -0.4 is 0 Å². The van der Waals surface area contributed by atoms with Crippen molar-refractivity contribution in [3.8, 4) is 39.5 Å². The molecule has 0 aliphatic carbocycles. The molecule has 1 radical (unpaired) electrons. The van der Waals surface area contributed by atoms with E-state index >= 15 is 0 Å². The molecule has 8 aromatic rings. The van der Waals surface area contributed by atoms with Gasteiger partial charge in [0.15, 0.2) is 0 Å². The van der Waals surface area contributed by atoms with E-state index in [1.54, 1.807) is 29.5 Å². The summed E-state index contributed by atoms with van der Waals surface area (Å²) in [7, 11) is 0. The second-order valence-electron chi connectivity index (χ2n) is 11.0. The van der Waals surface area contributed by atoms with Gasteiger partial charge in [0.25, 0.3) is 0 Å². The van der Waals surface area contributed by atoms with Gasteiger partial charge < -0.3 is 9.55 Å². The van der Waals surface area contributed by atoms with Crippen LogP contribution in [-0.2, 0) is 26.5 Å². The molecule has 0 saturated carbocycles. The van der Waals surface area contributed by atoms with Gasteiger partial charge in [-0.05, 0) is 59.9 Å². The fourth-order valence-corrected chi connectivity index (χ4v) is 6.45. The first-order valence-electron chi connectivity index (χ1n) is 16.9. The van der Waals surface area contributed by atoms with Gasteiger partial charge in [0.1, 0.15) is 0 Å². The molecular formula is C42H33IrN3S-2. The molecule has 0 spiro atoms. The van der Waals surface area contributed by atoms with Gasteiger partial charge in [-0.15, -0.1) is 47.3 Å². The fourth-order valence-electron chi connectivity index (χ4n) is 5.63. The van der Waals surface area contributed by atoms with Crippen molar-refractivity contribution in [3.63, 3.8) is 0 Å². The van der Waals surface area contributed by atoms with E-state index in [1.165, 1.54) is 33.0 Å². The number of para-hydroxylation sites is 2. The van der Waals surface area contributed by atoms with Crippen molar-refractivity contribution in [1.29, 1.82) is 0 Å². The SMILES string of the molecule is CCCc1ccc2s[c-]c(-c3nc4ccccc4n3-c3ccc(-c4ccccc4)cc3)c2c1.[2H]C([2H])([2H])c1ccc(-c2[c-]cccc2)nc1.[Ir]. The Morgan fingerprint density at radius 2 is 1.60 bits per heavy atom. The third kappa shape index (κ3) is 7.03. The molecule has 3 heterocycles. The van der Waals surface area contributed by atoms with Gasteiger partial charge in [-0.2, -0.15) is 0 Å². The van der Waals surface area contributed by atoms with Crippen LogP contribution in [0, 0.1) is 18.3 Å². The largest absolute Gasteiger partial charge is 0.333 e. The number of imidazole rings is 1. The third-order valence-electron chi connectivity index (χ3n) is 7.88. The van der Waals surface area contributed by atoms with Crippen LogP contribution in [0.3, 0.4) is 0 Å². The number of rotatable bonds is 6. The number of pyridine rings is 1. The number of nitrogens with zero attached hydrogens (tertiary/aromatic N) is 3. The summed E-state index contributed by atoms with van der Waals surface area (Å²) in [6.07, 6.45) is 3.62. The van der Waals surface area contributed by atoms with Crippen molar-refractivity contribution >= 4 is 32.5 Å². The van der Waals surface area contributed by atoms with Crippen LogP contribution >= 0.6 is 11.3 Å². The van der Waals surface area contributed by atoms with Gasteiger partial charge in [-0.1, -0.05) is 113 Å². The van der Waals surface area contributed by atoms with Crippen molar-refractivity contribution in [1.82, 2.24) is 14.5 Å². The molecule has 0 amide bonds. The van der Waals surface area contributed by atoms with Crippen molar-refractivity contribution < 1.29 is 24.2 Å². The Labute approximate surface area is 298 Å². The van der Waals surface area contributed by atoms with Crippen molar-refractivity contribution in [2.75, 3.05) is 0 Å². The number of hydrogen-bond donors (Lipinski definition) is 0. The van der Waals surface area contributed by atoms with Crippen LogP contribution in [0.15, 0.2) is 140 Å². The minimum Gasteiger partial charge on any atom is -0.333 e. The summed E-state index contributed by atoms with van der Waals surface area (Å²) in [5.74, 6) is 0.948. The van der Waals surface area contributed by atoms with Crippen molar-refractivity contribution in [3.05, 3.63) is 162 Å². The van der Waals surface area contributed by atoms with Crippen LogP contribution in [0.25, 0.3) is 60.6 Å². The summed E-state index contributed by atoms with van der Waals surface area (Å²) >= 11 is 1.67. The molecule has 0 fully saturated rings. The maximum atomic E-state index is 7.23. The average molecular weight is 807 g/mol. The molecule has 0 unspecified atom stereocenters. The number of fused-ring (bicyclic) bond motifs is 2. The Morgan fingerprint density at radius 1 is 0.809 bits per heavy atom. The molecule has 5 aromatic carbocycles. The standard InChI is InChI=1S/C30H23N2S.C12H10N.Ir/c1-2-8-21-13-18-29-25(19-21)26(20-33-29)30-31-27-11-6-7-12-28(27)32(30)24-16-14-23(15-17-24)22-9-4-3-5-10-22;1-10-7-8-12(13-9-10)11-5-3-2-4-6-11;/h3-7,9-19H,2,8H2,1H3;2-5,7-9H,1H3;/q2*-1;/i;1D3;. The van der Waals surface area contributed by atoms with Gasteiger partial charge in [0.2, 0.25) is 0 Å². The maximum Gasteiger partial charge on any atom is 0.0774 e. The molecule has 0 saturated heterocycles. The molecule has 8 rings (SSSR count). The van der Waals surface area contributed by atoms with Gasteiger partial charge in [0.05, 0.1) is 16.9 Å². The van der Waals surface area contributed by atoms with E-state index in [0.717, 1.165) is 52.2 Å². The first-order chi connectivity index (χ1) is 23.9. The topological polar surface area (TPSA) is 30.7 Å². The number of aryl methyl sites for hydroxylation is 2. The number of benzene rings is 5. The molecule has 0 aliphatic rings. The minimum atomic E-state index is -2.09. The van der Waals surface area contributed by atoms with E-state index < -0.39 is 6.85 Å². The second-order valence-corrected chi connectivity index (χ2v) is 11.9. The third-order valence-corrected chi connectivity index (χ3v) is 8.76. The molecule has 233 valence electrons. The summed E-state index contributed by atoms with van der Waals surface area (Å²) in [6.45, 7) is 0.134. The zero-order chi connectivity index (χ0) is 33.8. The quantitative estimate of drug-likeness (QED) is 0.157. The van der Waals surface area contributed by atoms with Gasteiger partial charge in [-0.25, -0.2) is 0 Å². The molecule has 47 heavy (non-hydrogen) atoms. The Bertz CT molecular complexity index is 2310. The first kappa shape index (κ1) is 28.5.